The van der Waals surface area contributed by atoms with Crippen molar-refractivity contribution in [3.8, 4) is 0 Å². The molecule has 1 saturated carbocycles. The van der Waals surface area contributed by atoms with Crippen molar-refractivity contribution < 1.29 is 14.7 Å². The van der Waals surface area contributed by atoms with Crippen molar-refractivity contribution in [3.63, 3.8) is 0 Å². The van der Waals surface area contributed by atoms with Gasteiger partial charge in [0, 0.05) is 13.1 Å². The van der Waals surface area contributed by atoms with E-state index in [2.05, 4.69) is 17.6 Å². The molecule has 0 bridgehead atoms. The van der Waals surface area contributed by atoms with E-state index in [1.165, 1.54) is 0 Å². The van der Waals surface area contributed by atoms with Crippen LogP contribution in [0.15, 0.2) is 0 Å². The average Bonchev–Trinajstić information content (AvgIpc) is 3.18. The SMILES string of the molecule is CCCC1(C(=O)NCC2(C(=O)O)CC2)CCCNC1. The van der Waals surface area contributed by atoms with Gasteiger partial charge in [-0.25, -0.2) is 0 Å². The van der Waals surface area contributed by atoms with Crippen LogP contribution < -0.4 is 10.6 Å². The molecule has 19 heavy (non-hydrogen) atoms. The molecule has 2 aliphatic rings. The van der Waals surface area contributed by atoms with Crippen LogP contribution >= 0.6 is 0 Å². The molecule has 2 rings (SSSR count). The van der Waals surface area contributed by atoms with Crippen molar-refractivity contribution in [2.45, 2.75) is 45.4 Å². The number of rotatable bonds is 6. The number of hydrogen-bond acceptors (Lipinski definition) is 3. The summed E-state index contributed by atoms with van der Waals surface area (Å²) in [6.07, 6.45) is 5.12. The Morgan fingerprint density at radius 3 is 2.47 bits per heavy atom. The van der Waals surface area contributed by atoms with Crippen LogP contribution in [0.25, 0.3) is 0 Å². The summed E-state index contributed by atoms with van der Waals surface area (Å²) in [4.78, 5) is 23.6. The maximum Gasteiger partial charge on any atom is 0.311 e. The van der Waals surface area contributed by atoms with Crippen molar-refractivity contribution >= 4 is 11.9 Å². The molecule has 1 amide bonds. The molecule has 1 unspecified atom stereocenters. The predicted octanol–water partition coefficient (Wildman–Crippen LogP) is 1.14. The third kappa shape index (κ3) is 2.91. The van der Waals surface area contributed by atoms with Gasteiger partial charge in [-0.1, -0.05) is 13.3 Å². The summed E-state index contributed by atoms with van der Waals surface area (Å²) in [5, 5.41) is 15.3. The number of amides is 1. The van der Waals surface area contributed by atoms with Gasteiger partial charge in [-0.15, -0.1) is 0 Å². The van der Waals surface area contributed by atoms with E-state index in [4.69, 9.17) is 5.11 Å². The Hall–Kier alpha value is -1.10. The van der Waals surface area contributed by atoms with E-state index in [-0.39, 0.29) is 17.9 Å². The minimum absolute atomic E-state index is 0.0362. The maximum absolute atomic E-state index is 12.5. The molecular formula is C14H24N2O3. The molecule has 108 valence electrons. The summed E-state index contributed by atoms with van der Waals surface area (Å²) < 4.78 is 0. The zero-order chi connectivity index (χ0) is 13.9. The third-order valence-electron chi connectivity index (χ3n) is 4.58. The molecule has 3 N–H and O–H groups in total. The highest BCUT2D eigenvalue weighted by atomic mass is 16.4. The van der Waals surface area contributed by atoms with Gasteiger partial charge in [-0.3, -0.25) is 9.59 Å². The van der Waals surface area contributed by atoms with Crippen molar-refractivity contribution in [2.24, 2.45) is 10.8 Å². The summed E-state index contributed by atoms with van der Waals surface area (Å²) in [6.45, 7) is 4.06. The van der Waals surface area contributed by atoms with Crippen molar-refractivity contribution in [2.75, 3.05) is 19.6 Å². The second-order valence-corrected chi connectivity index (χ2v) is 6.08. The first-order valence-electron chi connectivity index (χ1n) is 7.27. The summed E-state index contributed by atoms with van der Waals surface area (Å²) in [6, 6.07) is 0. The molecule has 1 aliphatic heterocycles. The summed E-state index contributed by atoms with van der Waals surface area (Å²) >= 11 is 0. The van der Waals surface area contributed by atoms with E-state index < -0.39 is 11.4 Å². The highest BCUT2D eigenvalue weighted by molar-refractivity contribution is 5.84. The predicted molar refractivity (Wildman–Crippen MR) is 71.8 cm³/mol. The highest BCUT2D eigenvalue weighted by Crippen LogP contribution is 2.45. The molecule has 0 aromatic carbocycles. The van der Waals surface area contributed by atoms with Gasteiger partial charge in [-0.05, 0) is 38.6 Å². The minimum atomic E-state index is -0.779. The number of carboxylic acids is 1. The van der Waals surface area contributed by atoms with Gasteiger partial charge in [0.15, 0.2) is 0 Å². The fourth-order valence-electron chi connectivity index (χ4n) is 3.02. The van der Waals surface area contributed by atoms with Gasteiger partial charge < -0.3 is 15.7 Å². The number of piperidine rings is 1. The molecule has 1 aliphatic carbocycles. The van der Waals surface area contributed by atoms with Crippen LogP contribution in [0.1, 0.15) is 45.4 Å². The first-order chi connectivity index (χ1) is 9.05. The standard InChI is InChI=1S/C14H24N2O3/c1-2-4-13(5-3-8-15-9-13)11(17)16-10-14(6-7-14)12(18)19/h15H,2-10H2,1H3,(H,16,17)(H,18,19). The maximum atomic E-state index is 12.5. The summed E-state index contributed by atoms with van der Waals surface area (Å²) in [5.74, 6) is -0.742. The highest BCUT2D eigenvalue weighted by Gasteiger charge is 2.51. The molecule has 0 radical (unpaired) electrons. The largest absolute Gasteiger partial charge is 0.481 e. The van der Waals surface area contributed by atoms with E-state index in [1.807, 2.05) is 0 Å². The first-order valence-corrected chi connectivity index (χ1v) is 7.27. The Morgan fingerprint density at radius 2 is 2.00 bits per heavy atom. The Kier molecular flexibility index (Phi) is 4.13. The topological polar surface area (TPSA) is 78.4 Å². The van der Waals surface area contributed by atoms with Gasteiger partial charge in [-0.2, -0.15) is 0 Å². The lowest BCUT2D eigenvalue weighted by molar-refractivity contribution is -0.143. The number of aliphatic carboxylic acids is 1. The molecule has 2 fully saturated rings. The van der Waals surface area contributed by atoms with Gasteiger partial charge in [0.25, 0.3) is 0 Å². The molecule has 5 nitrogen and oxygen atoms in total. The first kappa shape index (κ1) is 14.3. The minimum Gasteiger partial charge on any atom is -0.481 e. The quantitative estimate of drug-likeness (QED) is 0.675. The molecule has 0 aromatic heterocycles. The number of hydrogen-bond donors (Lipinski definition) is 3. The summed E-state index contributed by atoms with van der Waals surface area (Å²) in [7, 11) is 0. The van der Waals surface area contributed by atoms with E-state index in [9.17, 15) is 9.59 Å². The second kappa shape index (κ2) is 5.49. The molecule has 1 saturated heterocycles. The van der Waals surface area contributed by atoms with Gasteiger partial charge in [0.1, 0.15) is 0 Å². The lowest BCUT2D eigenvalue weighted by Gasteiger charge is -2.36. The van der Waals surface area contributed by atoms with Crippen LogP contribution in [0.4, 0.5) is 0 Å². The van der Waals surface area contributed by atoms with Gasteiger partial charge in [0.05, 0.1) is 10.8 Å². The van der Waals surface area contributed by atoms with Crippen LogP contribution in [-0.2, 0) is 9.59 Å². The van der Waals surface area contributed by atoms with Gasteiger partial charge in [0.2, 0.25) is 5.91 Å². The number of carbonyl (C=O) groups is 2. The van der Waals surface area contributed by atoms with Crippen LogP contribution in [0.2, 0.25) is 0 Å². The molecule has 1 heterocycles. The van der Waals surface area contributed by atoms with Crippen molar-refractivity contribution in [1.82, 2.24) is 10.6 Å². The lowest BCUT2D eigenvalue weighted by Crippen LogP contribution is -2.51. The monoisotopic (exact) mass is 268 g/mol. The molecule has 0 spiro atoms. The zero-order valence-electron chi connectivity index (χ0n) is 11.6. The number of nitrogens with one attached hydrogen (secondary N) is 2. The van der Waals surface area contributed by atoms with E-state index in [0.717, 1.165) is 32.2 Å². The zero-order valence-corrected chi connectivity index (χ0v) is 11.6. The molecule has 0 aromatic rings. The van der Waals surface area contributed by atoms with Crippen molar-refractivity contribution in [3.05, 3.63) is 0 Å². The molecule has 1 atom stereocenters. The lowest BCUT2D eigenvalue weighted by atomic mass is 9.76. The Bertz CT molecular complexity index is 352. The molecule has 5 heteroatoms. The van der Waals surface area contributed by atoms with E-state index in [1.54, 1.807) is 0 Å². The smallest absolute Gasteiger partial charge is 0.311 e. The second-order valence-electron chi connectivity index (χ2n) is 6.08. The van der Waals surface area contributed by atoms with Crippen molar-refractivity contribution in [1.29, 1.82) is 0 Å². The van der Waals surface area contributed by atoms with E-state index in [0.29, 0.717) is 19.4 Å². The fourth-order valence-corrected chi connectivity index (χ4v) is 3.02. The Balaban J connectivity index is 1.94. The molecular weight excluding hydrogens is 244 g/mol. The van der Waals surface area contributed by atoms with Crippen LogP contribution in [0.5, 0.6) is 0 Å². The Labute approximate surface area is 114 Å². The average molecular weight is 268 g/mol. The number of carbonyl (C=O) groups excluding carboxylic acids is 1. The third-order valence-corrected chi connectivity index (χ3v) is 4.58. The normalized spacial score (nSPS) is 28.7. The van der Waals surface area contributed by atoms with E-state index >= 15 is 0 Å². The summed E-state index contributed by atoms with van der Waals surface area (Å²) in [5.41, 5.74) is -1.01. The van der Waals surface area contributed by atoms with Gasteiger partial charge >= 0.3 is 5.97 Å². The van der Waals surface area contributed by atoms with Crippen LogP contribution in [0, 0.1) is 10.8 Å². The van der Waals surface area contributed by atoms with Crippen LogP contribution in [0.3, 0.4) is 0 Å². The Morgan fingerprint density at radius 1 is 1.26 bits per heavy atom. The number of carboxylic acid groups (broad SMARTS) is 1. The fraction of sp³-hybridized carbons (Fsp3) is 0.857. The van der Waals surface area contributed by atoms with Crippen LogP contribution in [-0.4, -0.2) is 36.6 Å².